The summed E-state index contributed by atoms with van der Waals surface area (Å²) in [5, 5.41) is 0.596. The molecule has 0 radical (unpaired) electrons. The number of hydrogen-bond donors (Lipinski definition) is 1. The van der Waals surface area contributed by atoms with E-state index in [-0.39, 0.29) is 0 Å². The lowest BCUT2D eigenvalue weighted by Gasteiger charge is -2.13. The molecule has 0 spiro atoms. The highest BCUT2D eigenvalue weighted by molar-refractivity contribution is 9.08. The van der Waals surface area contributed by atoms with Gasteiger partial charge in [0.15, 0.2) is 0 Å². The molecule has 0 bridgehead atoms. The average molecular weight is 354 g/mol. The quantitative estimate of drug-likeness (QED) is 0.844. The predicted molar refractivity (Wildman–Crippen MR) is 85.8 cm³/mol. The van der Waals surface area contributed by atoms with Crippen molar-refractivity contribution in [2.45, 2.75) is 24.1 Å². The van der Waals surface area contributed by atoms with E-state index in [0.717, 1.165) is 16.7 Å². The number of para-hydroxylation sites is 1. The van der Waals surface area contributed by atoms with Crippen molar-refractivity contribution in [2.24, 2.45) is 0 Å². The Hall–Kier alpha value is -1.33. The number of sulfonamides is 1. The first-order chi connectivity index (χ1) is 9.44. The molecule has 1 N–H and O–H groups in total. The van der Waals surface area contributed by atoms with Gasteiger partial charge in [-0.1, -0.05) is 46.3 Å². The SMILES string of the molecule is Cc1ccc(C)c(S(=O)(=O)Nc2ccccc2CBr)c1. The van der Waals surface area contributed by atoms with Gasteiger partial charge in [0, 0.05) is 5.33 Å². The molecule has 3 nitrogen and oxygen atoms in total. The first-order valence-corrected chi connectivity index (χ1v) is 8.78. The molecular weight excluding hydrogens is 338 g/mol. The zero-order valence-corrected chi connectivity index (χ0v) is 13.8. The number of benzene rings is 2. The molecule has 2 aromatic rings. The van der Waals surface area contributed by atoms with Crippen LogP contribution in [0, 0.1) is 13.8 Å². The zero-order valence-electron chi connectivity index (χ0n) is 11.4. The molecule has 106 valence electrons. The van der Waals surface area contributed by atoms with Crippen molar-refractivity contribution < 1.29 is 8.42 Å². The molecule has 0 fully saturated rings. The molecule has 0 aliphatic carbocycles. The molecule has 0 amide bonds. The van der Waals surface area contributed by atoms with Gasteiger partial charge in [-0.05, 0) is 42.7 Å². The fraction of sp³-hybridized carbons (Fsp3) is 0.200. The van der Waals surface area contributed by atoms with Crippen LogP contribution in [-0.4, -0.2) is 8.42 Å². The fourth-order valence-electron chi connectivity index (χ4n) is 1.93. The summed E-state index contributed by atoms with van der Waals surface area (Å²) in [7, 11) is -3.57. The normalized spacial score (nSPS) is 11.3. The summed E-state index contributed by atoms with van der Waals surface area (Å²) in [6.07, 6.45) is 0. The van der Waals surface area contributed by atoms with Gasteiger partial charge in [-0.15, -0.1) is 0 Å². The summed E-state index contributed by atoms with van der Waals surface area (Å²) in [6.45, 7) is 3.68. The van der Waals surface area contributed by atoms with Crippen molar-refractivity contribution in [2.75, 3.05) is 4.72 Å². The van der Waals surface area contributed by atoms with Crippen LogP contribution in [0.3, 0.4) is 0 Å². The average Bonchev–Trinajstić information content (AvgIpc) is 2.41. The molecule has 0 atom stereocenters. The Balaban J connectivity index is 2.43. The van der Waals surface area contributed by atoms with Gasteiger partial charge in [-0.2, -0.15) is 0 Å². The summed E-state index contributed by atoms with van der Waals surface area (Å²) in [5.74, 6) is 0. The highest BCUT2D eigenvalue weighted by Gasteiger charge is 2.18. The maximum absolute atomic E-state index is 12.5. The van der Waals surface area contributed by atoms with Gasteiger partial charge in [0.1, 0.15) is 0 Å². The second kappa shape index (κ2) is 5.97. The first kappa shape index (κ1) is 15.1. The number of hydrogen-bond acceptors (Lipinski definition) is 2. The Morgan fingerprint density at radius 3 is 2.50 bits per heavy atom. The Morgan fingerprint density at radius 2 is 1.80 bits per heavy atom. The van der Waals surface area contributed by atoms with E-state index in [1.165, 1.54) is 0 Å². The van der Waals surface area contributed by atoms with E-state index in [1.807, 2.05) is 37.3 Å². The number of halogens is 1. The van der Waals surface area contributed by atoms with E-state index in [4.69, 9.17) is 0 Å². The molecule has 0 heterocycles. The topological polar surface area (TPSA) is 46.2 Å². The second-order valence-electron chi connectivity index (χ2n) is 4.67. The minimum absolute atomic E-state index is 0.321. The van der Waals surface area contributed by atoms with Gasteiger partial charge >= 0.3 is 0 Å². The smallest absolute Gasteiger partial charge is 0.262 e. The van der Waals surface area contributed by atoms with E-state index in [2.05, 4.69) is 20.7 Å². The summed E-state index contributed by atoms with van der Waals surface area (Å²) < 4.78 is 27.7. The van der Waals surface area contributed by atoms with E-state index < -0.39 is 10.0 Å². The van der Waals surface area contributed by atoms with Crippen LogP contribution < -0.4 is 4.72 Å². The Morgan fingerprint density at radius 1 is 1.10 bits per heavy atom. The van der Waals surface area contributed by atoms with Crippen molar-refractivity contribution in [3.63, 3.8) is 0 Å². The maximum Gasteiger partial charge on any atom is 0.262 e. The predicted octanol–water partition coefficient (Wildman–Crippen LogP) is 4.00. The summed E-state index contributed by atoms with van der Waals surface area (Å²) >= 11 is 3.36. The second-order valence-corrected chi connectivity index (χ2v) is 6.88. The zero-order chi connectivity index (χ0) is 14.8. The standard InChI is InChI=1S/C15H16BrNO2S/c1-11-7-8-12(2)15(9-11)20(18,19)17-14-6-4-3-5-13(14)10-16/h3-9,17H,10H2,1-2H3. The number of alkyl halides is 1. The Kier molecular flexibility index (Phi) is 4.50. The monoisotopic (exact) mass is 353 g/mol. The van der Waals surface area contributed by atoms with Crippen LogP contribution in [0.4, 0.5) is 5.69 Å². The summed E-state index contributed by atoms with van der Waals surface area (Å²) in [4.78, 5) is 0.321. The van der Waals surface area contributed by atoms with Crippen LogP contribution in [0.15, 0.2) is 47.4 Å². The molecule has 0 saturated carbocycles. The number of nitrogens with one attached hydrogen (secondary N) is 1. The molecule has 0 aliphatic rings. The van der Waals surface area contributed by atoms with Gasteiger partial charge in [-0.25, -0.2) is 8.42 Å². The van der Waals surface area contributed by atoms with E-state index >= 15 is 0 Å². The fourth-order valence-corrected chi connectivity index (χ4v) is 3.85. The summed E-state index contributed by atoms with van der Waals surface area (Å²) in [5.41, 5.74) is 3.16. The van der Waals surface area contributed by atoms with Crippen molar-refractivity contribution in [3.8, 4) is 0 Å². The van der Waals surface area contributed by atoms with Crippen molar-refractivity contribution in [1.29, 1.82) is 0 Å². The van der Waals surface area contributed by atoms with Gasteiger partial charge in [-0.3, -0.25) is 4.72 Å². The van der Waals surface area contributed by atoms with E-state index in [0.29, 0.717) is 15.9 Å². The maximum atomic E-state index is 12.5. The van der Waals surface area contributed by atoms with Gasteiger partial charge in [0.05, 0.1) is 10.6 Å². The number of anilines is 1. The lowest BCUT2D eigenvalue weighted by atomic mass is 10.2. The van der Waals surface area contributed by atoms with Crippen LogP contribution in [0.5, 0.6) is 0 Å². The van der Waals surface area contributed by atoms with Crippen molar-refractivity contribution in [1.82, 2.24) is 0 Å². The van der Waals surface area contributed by atoms with Gasteiger partial charge in [0.2, 0.25) is 0 Å². The number of rotatable bonds is 4. The lowest BCUT2D eigenvalue weighted by Crippen LogP contribution is -2.15. The molecule has 0 unspecified atom stereocenters. The third kappa shape index (κ3) is 3.22. The molecular formula is C15H16BrNO2S. The molecule has 2 aromatic carbocycles. The van der Waals surface area contributed by atoms with Crippen LogP contribution in [0.1, 0.15) is 16.7 Å². The van der Waals surface area contributed by atoms with Crippen molar-refractivity contribution in [3.05, 3.63) is 59.2 Å². The molecule has 5 heteroatoms. The molecule has 0 saturated heterocycles. The molecule has 2 rings (SSSR count). The Bertz CT molecular complexity index is 726. The third-order valence-electron chi connectivity index (χ3n) is 3.04. The first-order valence-electron chi connectivity index (χ1n) is 6.18. The largest absolute Gasteiger partial charge is 0.279 e. The molecule has 20 heavy (non-hydrogen) atoms. The Labute approximate surface area is 128 Å². The van der Waals surface area contributed by atoms with Crippen LogP contribution in [0.2, 0.25) is 0 Å². The minimum Gasteiger partial charge on any atom is -0.279 e. The van der Waals surface area contributed by atoms with E-state index in [1.54, 1.807) is 19.1 Å². The third-order valence-corrected chi connectivity index (χ3v) is 5.15. The highest BCUT2D eigenvalue weighted by atomic mass is 79.9. The number of aryl methyl sites for hydroxylation is 2. The molecule has 0 aliphatic heterocycles. The molecule has 0 aromatic heterocycles. The lowest BCUT2D eigenvalue weighted by molar-refractivity contribution is 0.600. The van der Waals surface area contributed by atoms with Crippen LogP contribution >= 0.6 is 15.9 Å². The summed E-state index contributed by atoms with van der Waals surface area (Å²) in [6, 6.07) is 12.8. The van der Waals surface area contributed by atoms with Crippen LogP contribution in [-0.2, 0) is 15.4 Å². The van der Waals surface area contributed by atoms with Gasteiger partial charge < -0.3 is 0 Å². The minimum atomic E-state index is -3.57. The van der Waals surface area contributed by atoms with E-state index in [9.17, 15) is 8.42 Å². The van der Waals surface area contributed by atoms with Gasteiger partial charge in [0.25, 0.3) is 10.0 Å². The highest BCUT2D eigenvalue weighted by Crippen LogP contribution is 2.24. The van der Waals surface area contributed by atoms with Crippen molar-refractivity contribution >= 4 is 31.6 Å². The van der Waals surface area contributed by atoms with Crippen LogP contribution in [0.25, 0.3) is 0 Å².